The molecule has 1 aromatic carbocycles. The summed E-state index contributed by atoms with van der Waals surface area (Å²) in [6.07, 6.45) is 7.14. The molecule has 0 radical (unpaired) electrons. The number of alkyl carbamates (subject to hydrolysis) is 1. The fourth-order valence-electron chi connectivity index (χ4n) is 5.04. The van der Waals surface area contributed by atoms with Crippen LogP contribution in [0.3, 0.4) is 0 Å². The van der Waals surface area contributed by atoms with E-state index < -0.39 is 41.1 Å². The number of carbonyl (C=O) groups excluding carboxylic acids is 4. The van der Waals surface area contributed by atoms with Gasteiger partial charge in [-0.2, -0.15) is 11.8 Å². The summed E-state index contributed by atoms with van der Waals surface area (Å²) in [5.74, 6) is 1.15. The Bertz CT molecular complexity index is 1160. The number of ether oxygens (including phenoxy) is 3. The lowest BCUT2D eigenvalue weighted by Gasteiger charge is -2.25. The molecular weight excluding hydrogens is 647 g/mol. The van der Waals surface area contributed by atoms with Crippen molar-refractivity contribution in [3.63, 3.8) is 0 Å². The third-order valence-electron chi connectivity index (χ3n) is 7.33. The van der Waals surface area contributed by atoms with E-state index in [0.29, 0.717) is 43.4 Å². The van der Waals surface area contributed by atoms with Gasteiger partial charge in [0.1, 0.15) is 11.6 Å². The van der Waals surface area contributed by atoms with Crippen LogP contribution in [0, 0.1) is 5.92 Å². The molecule has 4 atom stereocenters. The molecule has 2 N–H and O–H groups in total. The number of hydrogen-bond acceptors (Lipinski definition) is 11. The number of benzene rings is 1. The third-order valence-corrected chi connectivity index (χ3v) is 10.1. The van der Waals surface area contributed by atoms with Crippen molar-refractivity contribution >= 4 is 56.6 Å². The Balaban J connectivity index is 2.22. The molecule has 1 aliphatic heterocycles. The average molecular weight is 698 g/mol. The maximum Gasteiger partial charge on any atom is 0.408 e. The quantitative estimate of drug-likeness (QED) is 0.0908. The summed E-state index contributed by atoms with van der Waals surface area (Å²) in [7, 11) is 4.86. The first kappa shape index (κ1) is 39.8. The van der Waals surface area contributed by atoms with Gasteiger partial charge in [-0.3, -0.25) is 9.69 Å². The van der Waals surface area contributed by atoms with E-state index in [1.165, 1.54) is 36.1 Å². The number of nitrogens with zero attached hydrogens (tertiary/aromatic N) is 1. The highest BCUT2D eigenvalue weighted by Crippen LogP contribution is 2.28. The van der Waals surface area contributed by atoms with Crippen LogP contribution in [0.15, 0.2) is 36.4 Å². The van der Waals surface area contributed by atoms with Crippen molar-refractivity contribution in [3.8, 4) is 0 Å². The normalized spacial score (nSPS) is 18.3. The van der Waals surface area contributed by atoms with Crippen LogP contribution in [0.25, 0.3) is 0 Å². The lowest BCUT2D eigenvalue weighted by Crippen LogP contribution is -2.50. The molecule has 0 spiro atoms. The Morgan fingerprint density at radius 1 is 1.07 bits per heavy atom. The number of methoxy groups -OCH3 is 2. The van der Waals surface area contributed by atoms with Crippen molar-refractivity contribution in [3.05, 3.63) is 47.5 Å². The largest absolute Gasteiger partial charge is 0.467 e. The van der Waals surface area contributed by atoms with Gasteiger partial charge in [0, 0.05) is 29.6 Å². The van der Waals surface area contributed by atoms with Gasteiger partial charge in [-0.1, -0.05) is 61.1 Å². The topological polar surface area (TPSA) is 123 Å². The zero-order valence-electron chi connectivity index (χ0n) is 28.3. The van der Waals surface area contributed by atoms with Crippen molar-refractivity contribution in [1.29, 1.82) is 0 Å². The molecule has 1 saturated heterocycles. The number of thioether (sulfide) groups is 1. The number of likely N-dealkylation sites (tertiary alicyclic amines) is 1. The van der Waals surface area contributed by atoms with Crippen molar-refractivity contribution in [1.82, 2.24) is 15.5 Å². The highest BCUT2D eigenvalue weighted by atomic mass is 33.1. The van der Waals surface area contributed by atoms with Crippen LogP contribution in [-0.4, -0.2) is 97.0 Å². The van der Waals surface area contributed by atoms with Gasteiger partial charge in [0.15, 0.2) is 0 Å². The fourth-order valence-corrected chi connectivity index (χ4v) is 7.22. The molecule has 0 aliphatic carbocycles. The van der Waals surface area contributed by atoms with Crippen molar-refractivity contribution in [2.24, 2.45) is 5.92 Å². The molecule has 1 aromatic rings. The molecule has 0 saturated carbocycles. The second-order valence-corrected chi connectivity index (χ2v) is 15.8. The molecular formula is C33H51N3O7S3. The van der Waals surface area contributed by atoms with Crippen LogP contribution < -0.4 is 10.6 Å². The zero-order chi connectivity index (χ0) is 34.3. The van der Waals surface area contributed by atoms with E-state index in [4.69, 9.17) is 14.2 Å². The number of amides is 2. The first-order valence-electron chi connectivity index (χ1n) is 15.5. The van der Waals surface area contributed by atoms with Crippen LogP contribution in [0.4, 0.5) is 9.59 Å². The summed E-state index contributed by atoms with van der Waals surface area (Å²) in [5.41, 5.74) is 1.85. The van der Waals surface area contributed by atoms with E-state index in [1.807, 2.05) is 18.4 Å². The molecule has 13 heteroatoms. The highest BCUT2D eigenvalue weighted by molar-refractivity contribution is 8.82. The van der Waals surface area contributed by atoms with Gasteiger partial charge in [-0.15, -0.1) is 0 Å². The van der Waals surface area contributed by atoms with Crippen molar-refractivity contribution in [2.75, 3.05) is 45.1 Å². The van der Waals surface area contributed by atoms with Gasteiger partial charge in [-0.05, 0) is 75.0 Å². The summed E-state index contributed by atoms with van der Waals surface area (Å²) >= 11 is 1.60. The van der Waals surface area contributed by atoms with Crippen molar-refractivity contribution in [2.45, 2.75) is 83.5 Å². The first-order chi connectivity index (χ1) is 21.8. The van der Waals surface area contributed by atoms with E-state index in [2.05, 4.69) is 53.6 Å². The van der Waals surface area contributed by atoms with E-state index in [0.717, 1.165) is 17.2 Å². The predicted octanol–water partition coefficient (Wildman–Crippen LogP) is 6.05. The monoisotopic (exact) mass is 697 g/mol. The minimum absolute atomic E-state index is 0.198. The third kappa shape index (κ3) is 14.6. The van der Waals surface area contributed by atoms with E-state index in [9.17, 15) is 19.2 Å². The standard InChI is InChI=1S/C33H51N3O7S3/c1-22(2)25-13-11-23(12-14-25)18-24-19-28(29(37)35-27(15-17-44-8)30(38)41-6)36(20-24)16-9-10-26(21-45-46-32(40)42-7)34-31(39)43-33(3,4)5/h9-14,22,24,26-28H,15-21H2,1-8H3,(H,34,39)(H,35,37)/b10-9+/t24-,26+,27-,28-/m0/s1. The Hall–Kier alpha value is -2.35. The van der Waals surface area contributed by atoms with Crippen LogP contribution in [0.1, 0.15) is 64.5 Å². The number of esters is 1. The van der Waals surface area contributed by atoms with Gasteiger partial charge >= 0.3 is 17.4 Å². The predicted molar refractivity (Wildman–Crippen MR) is 189 cm³/mol. The Morgan fingerprint density at radius 2 is 1.76 bits per heavy atom. The van der Waals surface area contributed by atoms with Gasteiger partial charge < -0.3 is 24.8 Å². The SMILES string of the molecule is COC(=O)SSC[C@@H](/C=C/CN1C[C@@H](Cc2ccc(C(C)C)cc2)C[C@H]1C(=O)N[C@@H](CCSC)C(=O)OC)NC(=O)OC(C)(C)C. The number of carbonyl (C=O) groups is 4. The summed E-state index contributed by atoms with van der Waals surface area (Å²) in [4.78, 5) is 52.4. The second kappa shape index (κ2) is 20.1. The van der Waals surface area contributed by atoms with Crippen LogP contribution >= 0.6 is 33.3 Å². The Morgan fingerprint density at radius 3 is 2.35 bits per heavy atom. The molecule has 2 amide bonds. The Kier molecular flexibility index (Phi) is 17.4. The van der Waals surface area contributed by atoms with Crippen LogP contribution in [-0.2, 0) is 30.2 Å². The number of hydrogen-bond donors (Lipinski definition) is 2. The van der Waals surface area contributed by atoms with E-state index >= 15 is 0 Å². The molecule has 10 nitrogen and oxygen atoms in total. The minimum atomic E-state index is -0.711. The van der Waals surface area contributed by atoms with Gasteiger partial charge in [0.05, 0.1) is 26.3 Å². The zero-order valence-corrected chi connectivity index (χ0v) is 30.8. The maximum absolute atomic E-state index is 13.7. The molecule has 258 valence electrons. The average Bonchev–Trinajstić information content (AvgIpc) is 3.40. The van der Waals surface area contributed by atoms with Gasteiger partial charge in [-0.25, -0.2) is 14.4 Å². The lowest BCUT2D eigenvalue weighted by atomic mass is 9.94. The summed E-state index contributed by atoms with van der Waals surface area (Å²) in [5, 5.41) is 5.38. The molecule has 1 aliphatic rings. The van der Waals surface area contributed by atoms with Crippen LogP contribution in [0.2, 0.25) is 0 Å². The van der Waals surface area contributed by atoms with Gasteiger partial charge in [0.25, 0.3) is 0 Å². The van der Waals surface area contributed by atoms with Crippen molar-refractivity contribution < 1.29 is 33.4 Å². The summed E-state index contributed by atoms with van der Waals surface area (Å²) in [6.45, 7) is 10.9. The molecule has 46 heavy (non-hydrogen) atoms. The first-order valence-corrected chi connectivity index (χ1v) is 19.2. The fraction of sp³-hybridized carbons (Fsp3) is 0.636. The lowest BCUT2D eigenvalue weighted by molar-refractivity contribution is -0.145. The molecule has 1 heterocycles. The smallest absolute Gasteiger partial charge is 0.408 e. The molecule has 1 fully saturated rings. The van der Waals surface area contributed by atoms with E-state index in [-0.39, 0.29) is 11.8 Å². The molecule has 0 aromatic heterocycles. The highest BCUT2D eigenvalue weighted by Gasteiger charge is 2.37. The van der Waals surface area contributed by atoms with Crippen LogP contribution in [0.5, 0.6) is 0 Å². The maximum atomic E-state index is 13.7. The number of nitrogens with one attached hydrogen (secondary N) is 2. The molecule has 0 bridgehead atoms. The second-order valence-electron chi connectivity index (χ2n) is 12.5. The summed E-state index contributed by atoms with van der Waals surface area (Å²) < 4.78 is 15.1. The van der Waals surface area contributed by atoms with Gasteiger partial charge in [0.2, 0.25) is 5.91 Å². The minimum Gasteiger partial charge on any atom is -0.467 e. The molecule has 2 rings (SSSR count). The Labute approximate surface area is 286 Å². The molecule has 0 unspecified atom stereocenters. The number of rotatable bonds is 16. The van der Waals surface area contributed by atoms with E-state index in [1.54, 1.807) is 32.5 Å². The summed E-state index contributed by atoms with van der Waals surface area (Å²) in [6, 6.07) is 7.09.